The predicted molar refractivity (Wildman–Crippen MR) is 105 cm³/mol. The Hall–Kier alpha value is -2.45. The molecule has 0 aromatic heterocycles. The zero-order valence-electron chi connectivity index (χ0n) is 15.3. The molecule has 1 aliphatic heterocycles. The normalized spacial score (nSPS) is 19.9. The van der Waals surface area contributed by atoms with Crippen LogP contribution in [0.15, 0.2) is 59.5 Å². The van der Waals surface area contributed by atoms with Gasteiger partial charge >= 0.3 is 6.03 Å². The fourth-order valence-corrected chi connectivity index (χ4v) is 4.85. The molecular weight excluding hydrogens is 342 g/mol. The topological polar surface area (TPSA) is 47.3 Å². The summed E-state index contributed by atoms with van der Waals surface area (Å²) in [5.74, 6) is 0. The van der Waals surface area contributed by atoms with Gasteiger partial charge in [0, 0.05) is 18.0 Å². The highest BCUT2D eigenvalue weighted by atomic mass is 32.2. The minimum absolute atomic E-state index is 0.00153. The molecule has 0 radical (unpaired) electrons. The first kappa shape index (κ1) is 18.3. The Balaban J connectivity index is 1.92. The van der Waals surface area contributed by atoms with Crippen LogP contribution in [0.5, 0.6) is 0 Å². The minimum atomic E-state index is 0.00153. The summed E-state index contributed by atoms with van der Waals surface area (Å²) in [6, 6.07) is 20.3. The van der Waals surface area contributed by atoms with Gasteiger partial charge in [0.25, 0.3) is 0 Å². The molecule has 2 unspecified atom stereocenters. The average Bonchev–Trinajstić information content (AvgIpc) is 2.87. The lowest BCUT2D eigenvalue weighted by Crippen LogP contribution is -2.39. The third-order valence-electron chi connectivity index (χ3n) is 4.69. The maximum atomic E-state index is 12.9. The molecule has 0 N–H and O–H groups in total. The number of rotatable bonds is 5. The van der Waals surface area contributed by atoms with Crippen molar-refractivity contribution in [2.24, 2.45) is 0 Å². The molecule has 1 saturated heterocycles. The van der Waals surface area contributed by atoms with E-state index in [9.17, 15) is 4.79 Å². The lowest BCUT2D eigenvalue weighted by molar-refractivity contribution is 0.185. The number of benzene rings is 2. The highest BCUT2D eigenvalue weighted by Gasteiger charge is 2.45. The van der Waals surface area contributed by atoms with Gasteiger partial charge < -0.3 is 9.80 Å². The molecule has 1 fully saturated rings. The van der Waals surface area contributed by atoms with Crippen molar-refractivity contribution in [2.75, 3.05) is 7.05 Å². The Bertz CT molecular complexity index is 816. The number of hydrogen-bond donors (Lipinski definition) is 0. The summed E-state index contributed by atoms with van der Waals surface area (Å²) in [5, 5.41) is 9.16. The second-order valence-electron chi connectivity index (χ2n) is 6.80. The quantitative estimate of drug-likeness (QED) is 0.791. The molecule has 2 amide bonds. The number of likely N-dealkylation sites (N-methyl/N-ethyl adjacent to an activating group) is 1. The van der Waals surface area contributed by atoms with Crippen LogP contribution in [0, 0.1) is 11.3 Å². The van der Waals surface area contributed by atoms with E-state index in [-0.39, 0.29) is 23.5 Å². The monoisotopic (exact) mass is 365 g/mol. The van der Waals surface area contributed by atoms with E-state index in [1.54, 1.807) is 17.8 Å². The molecule has 134 valence electrons. The number of nitriles is 1. The van der Waals surface area contributed by atoms with Gasteiger partial charge in [0.1, 0.15) is 5.37 Å². The van der Waals surface area contributed by atoms with Crippen LogP contribution in [0.2, 0.25) is 0 Å². The largest absolute Gasteiger partial charge is 0.321 e. The van der Waals surface area contributed by atoms with E-state index in [2.05, 4.69) is 32.0 Å². The van der Waals surface area contributed by atoms with E-state index >= 15 is 0 Å². The number of amides is 2. The third kappa shape index (κ3) is 3.71. The van der Waals surface area contributed by atoms with Gasteiger partial charge in [-0.15, -0.1) is 0 Å². The number of urea groups is 1. The van der Waals surface area contributed by atoms with Crippen LogP contribution in [-0.4, -0.2) is 40.3 Å². The van der Waals surface area contributed by atoms with Crippen LogP contribution >= 0.6 is 11.8 Å². The van der Waals surface area contributed by atoms with Crippen LogP contribution in [0.25, 0.3) is 0 Å². The fourth-order valence-electron chi connectivity index (χ4n) is 3.33. The summed E-state index contributed by atoms with van der Waals surface area (Å²) in [5.41, 5.74) is 1.86. The number of carbonyl (C=O) groups excluding carboxylic acids is 1. The van der Waals surface area contributed by atoms with Crippen LogP contribution in [0.1, 0.15) is 25.0 Å². The van der Waals surface area contributed by atoms with Crippen molar-refractivity contribution < 1.29 is 4.79 Å². The molecule has 0 saturated carbocycles. The van der Waals surface area contributed by atoms with E-state index in [1.165, 1.54) is 5.56 Å². The van der Waals surface area contributed by atoms with Crippen LogP contribution in [-0.2, 0) is 6.42 Å². The van der Waals surface area contributed by atoms with Crippen LogP contribution < -0.4 is 0 Å². The molecule has 26 heavy (non-hydrogen) atoms. The van der Waals surface area contributed by atoms with Crippen molar-refractivity contribution in [2.45, 2.75) is 42.6 Å². The number of hydrogen-bond acceptors (Lipinski definition) is 3. The number of carbonyl (C=O) groups is 1. The van der Waals surface area contributed by atoms with Gasteiger partial charge in [0.15, 0.2) is 0 Å². The first-order valence-electron chi connectivity index (χ1n) is 8.77. The molecule has 0 aliphatic carbocycles. The number of nitrogens with zero attached hydrogens (tertiary/aromatic N) is 3. The van der Waals surface area contributed by atoms with E-state index < -0.39 is 0 Å². The van der Waals surface area contributed by atoms with Gasteiger partial charge in [-0.05, 0) is 44.0 Å². The highest BCUT2D eigenvalue weighted by Crippen LogP contribution is 2.37. The van der Waals surface area contributed by atoms with Gasteiger partial charge in [-0.3, -0.25) is 0 Å². The Morgan fingerprint density at radius 3 is 2.54 bits per heavy atom. The molecule has 2 aromatic carbocycles. The predicted octanol–water partition coefficient (Wildman–Crippen LogP) is 4.36. The maximum absolute atomic E-state index is 12.9. The zero-order chi connectivity index (χ0) is 18.7. The zero-order valence-corrected chi connectivity index (χ0v) is 16.1. The Morgan fingerprint density at radius 2 is 1.88 bits per heavy atom. The molecule has 3 rings (SSSR count). The summed E-state index contributed by atoms with van der Waals surface area (Å²) in [6.07, 6.45) is 0.807. The van der Waals surface area contributed by atoms with Crippen LogP contribution in [0.3, 0.4) is 0 Å². The second kappa shape index (κ2) is 7.84. The molecular formula is C21H23N3OS. The first-order valence-corrected chi connectivity index (χ1v) is 9.65. The Kier molecular flexibility index (Phi) is 5.53. The Labute approximate surface area is 159 Å². The summed E-state index contributed by atoms with van der Waals surface area (Å²) < 4.78 is 0. The average molecular weight is 366 g/mol. The maximum Gasteiger partial charge on any atom is 0.321 e. The standard InChI is InChI=1S/C21H23N3OS/c1-15(2)24-20(26-18-11-7-10-17(12-18)14-22)19(23(3)21(24)25)13-16-8-5-4-6-9-16/h4-12,15,19-20H,13H2,1-3H3. The van der Waals surface area contributed by atoms with Crippen molar-refractivity contribution in [3.8, 4) is 6.07 Å². The van der Waals surface area contributed by atoms with Gasteiger partial charge in [0.05, 0.1) is 17.7 Å². The molecule has 4 nitrogen and oxygen atoms in total. The molecule has 0 spiro atoms. The summed E-state index contributed by atoms with van der Waals surface area (Å²) >= 11 is 1.66. The minimum Gasteiger partial charge on any atom is -0.321 e. The molecule has 1 heterocycles. The van der Waals surface area contributed by atoms with Crippen molar-refractivity contribution >= 4 is 17.8 Å². The molecule has 2 aromatic rings. The summed E-state index contributed by atoms with van der Waals surface area (Å²) in [4.78, 5) is 17.7. The van der Waals surface area contributed by atoms with E-state index in [0.29, 0.717) is 5.56 Å². The summed E-state index contributed by atoms with van der Waals surface area (Å²) in [6.45, 7) is 4.10. The van der Waals surface area contributed by atoms with Crippen LogP contribution in [0.4, 0.5) is 4.79 Å². The van der Waals surface area contributed by atoms with Crippen molar-refractivity contribution in [3.63, 3.8) is 0 Å². The van der Waals surface area contributed by atoms with Crippen molar-refractivity contribution in [1.29, 1.82) is 5.26 Å². The SMILES string of the molecule is CC(C)N1C(=O)N(C)C(Cc2ccccc2)C1Sc1cccc(C#N)c1. The lowest BCUT2D eigenvalue weighted by atomic mass is 10.1. The van der Waals surface area contributed by atoms with Gasteiger partial charge in [-0.25, -0.2) is 4.79 Å². The third-order valence-corrected chi connectivity index (χ3v) is 6.00. The molecule has 5 heteroatoms. The molecule has 2 atom stereocenters. The van der Waals surface area contributed by atoms with E-state index in [4.69, 9.17) is 5.26 Å². The van der Waals surface area contributed by atoms with Crippen molar-refractivity contribution in [1.82, 2.24) is 9.80 Å². The van der Waals surface area contributed by atoms with Gasteiger partial charge in [0.2, 0.25) is 0 Å². The Morgan fingerprint density at radius 1 is 1.15 bits per heavy atom. The highest BCUT2D eigenvalue weighted by molar-refractivity contribution is 8.00. The summed E-state index contributed by atoms with van der Waals surface area (Å²) in [7, 11) is 1.89. The molecule has 0 bridgehead atoms. The van der Waals surface area contributed by atoms with Gasteiger partial charge in [-0.1, -0.05) is 48.2 Å². The van der Waals surface area contributed by atoms with Gasteiger partial charge in [-0.2, -0.15) is 5.26 Å². The smallest absolute Gasteiger partial charge is 0.321 e. The first-order chi connectivity index (χ1) is 12.5. The van der Waals surface area contributed by atoms with E-state index in [0.717, 1.165) is 11.3 Å². The van der Waals surface area contributed by atoms with Crippen molar-refractivity contribution in [3.05, 3.63) is 65.7 Å². The number of thioether (sulfide) groups is 1. The molecule has 1 aliphatic rings. The fraction of sp³-hybridized carbons (Fsp3) is 0.333. The lowest BCUT2D eigenvalue weighted by Gasteiger charge is -2.29. The van der Waals surface area contributed by atoms with E-state index in [1.807, 2.05) is 53.2 Å². The second-order valence-corrected chi connectivity index (χ2v) is 7.99.